The van der Waals surface area contributed by atoms with Gasteiger partial charge in [-0.15, -0.1) is 0 Å². The molecular weight excluding hydrogens is 318 g/mol. The van der Waals surface area contributed by atoms with Gasteiger partial charge in [0.1, 0.15) is 0 Å². The van der Waals surface area contributed by atoms with Gasteiger partial charge in [-0.05, 0) is 25.0 Å². The summed E-state index contributed by atoms with van der Waals surface area (Å²) in [6.45, 7) is 4.45. The molecule has 0 unspecified atom stereocenters. The third-order valence-corrected chi connectivity index (χ3v) is 5.06. The summed E-state index contributed by atoms with van der Waals surface area (Å²) in [6.07, 6.45) is 1.59. The molecule has 0 N–H and O–H groups in total. The van der Waals surface area contributed by atoms with Gasteiger partial charge in [0.25, 0.3) is 0 Å². The summed E-state index contributed by atoms with van der Waals surface area (Å²) in [5.41, 5.74) is 3.87. The van der Waals surface area contributed by atoms with E-state index in [9.17, 15) is 9.59 Å². The number of aryl methyl sites for hydroxylation is 2. The maximum Gasteiger partial charge on any atom is 0.238 e. The number of amides is 1. The van der Waals surface area contributed by atoms with Crippen LogP contribution in [-0.4, -0.2) is 22.3 Å². The number of carbonyl (C=O) groups is 2. The second-order valence-corrected chi connectivity index (χ2v) is 6.91. The summed E-state index contributed by atoms with van der Waals surface area (Å²) in [5.74, 6) is 0.377. The highest BCUT2D eigenvalue weighted by Gasteiger charge is 2.27. The first-order valence-electron chi connectivity index (χ1n) is 7.85. The van der Waals surface area contributed by atoms with Gasteiger partial charge < -0.3 is 4.90 Å². The molecule has 0 spiro atoms. The quantitative estimate of drug-likeness (QED) is 0.622. The monoisotopic (exact) mass is 337 g/mol. The van der Waals surface area contributed by atoms with Crippen molar-refractivity contribution in [2.75, 3.05) is 5.75 Å². The first-order valence-corrected chi connectivity index (χ1v) is 8.83. The number of hydrogen-bond acceptors (Lipinski definition) is 3. The van der Waals surface area contributed by atoms with Crippen LogP contribution in [-0.2, 0) is 11.3 Å². The molecule has 0 bridgehead atoms. The van der Waals surface area contributed by atoms with Gasteiger partial charge in [-0.25, -0.2) is 0 Å². The predicted molar refractivity (Wildman–Crippen MR) is 97.8 cm³/mol. The van der Waals surface area contributed by atoms with Gasteiger partial charge in [0.05, 0.1) is 17.3 Å². The Bertz CT molecular complexity index is 809. The number of thioether (sulfide) groups is 1. The van der Waals surface area contributed by atoms with Gasteiger partial charge in [0, 0.05) is 11.6 Å². The van der Waals surface area contributed by atoms with Crippen molar-refractivity contribution in [1.29, 1.82) is 0 Å². The van der Waals surface area contributed by atoms with Gasteiger partial charge in [0.2, 0.25) is 5.91 Å². The SMILES string of the molecule is Cc1ccc(CN2C(=O)CS/C2=C\C(=O)c2ccccc2C)cc1. The Balaban J connectivity index is 1.83. The number of rotatable bonds is 4. The first kappa shape index (κ1) is 16.5. The molecular formula is C20H19NO2S. The molecule has 2 aromatic rings. The van der Waals surface area contributed by atoms with Crippen LogP contribution in [0.4, 0.5) is 0 Å². The number of ketones is 1. The van der Waals surface area contributed by atoms with Crippen LogP contribution in [0.3, 0.4) is 0 Å². The first-order chi connectivity index (χ1) is 11.5. The van der Waals surface area contributed by atoms with Crippen LogP contribution < -0.4 is 0 Å². The summed E-state index contributed by atoms with van der Waals surface area (Å²) in [6, 6.07) is 15.6. The summed E-state index contributed by atoms with van der Waals surface area (Å²) in [7, 11) is 0. The standard InChI is InChI=1S/C20H19NO2S/c1-14-7-9-16(10-8-14)12-21-19(23)13-24-20(21)11-18(22)17-6-4-3-5-15(17)2/h3-11H,12-13H2,1-2H3/b20-11-. The fraction of sp³-hybridized carbons (Fsp3) is 0.200. The average Bonchev–Trinajstić information content (AvgIpc) is 2.90. The summed E-state index contributed by atoms with van der Waals surface area (Å²) >= 11 is 1.43. The molecule has 122 valence electrons. The maximum atomic E-state index is 12.5. The highest BCUT2D eigenvalue weighted by Crippen LogP contribution is 2.31. The van der Waals surface area contributed by atoms with E-state index in [1.165, 1.54) is 17.3 Å². The zero-order valence-corrected chi connectivity index (χ0v) is 14.6. The Morgan fingerprint density at radius 3 is 2.54 bits per heavy atom. The summed E-state index contributed by atoms with van der Waals surface area (Å²) < 4.78 is 0. The second-order valence-electron chi connectivity index (χ2n) is 5.92. The molecule has 1 amide bonds. The molecule has 1 saturated heterocycles. The van der Waals surface area contributed by atoms with Crippen LogP contribution in [0.5, 0.6) is 0 Å². The summed E-state index contributed by atoms with van der Waals surface area (Å²) in [4.78, 5) is 26.4. The molecule has 1 aliphatic heterocycles. The molecule has 0 radical (unpaired) electrons. The number of hydrogen-bond donors (Lipinski definition) is 0. The van der Waals surface area contributed by atoms with Crippen LogP contribution in [0.25, 0.3) is 0 Å². The van der Waals surface area contributed by atoms with Crippen molar-refractivity contribution >= 4 is 23.5 Å². The highest BCUT2D eigenvalue weighted by atomic mass is 32.2. The predicted octanol–water partition coefficient (Wildman–Crippen LogP) is 4.10. The van der Waals surface area contributed by atoms with E-state index >= 15 is 0 Å². The van der Waals surface area contributed by atoms with Crippen molar-refractivity contribution in [3.8, 4) is 0 Å². The minimum absolute atomic E-state index is 0.0457. The van der Waals surface area contributed by atoms with Crippen LogP contribution in [0.2, 0.25) is 0 Å². The van der Waals surface area contributed by atoms with E-state index in [-0.39, 0.29) is 11.7 Å². The topological polar surface area (TPSA) is 37.4 Å². The van der Waals surface area contributed by atoms with E-state index in [0.29, 0.717) is 17.9 Å². The zero-order chi connectivity index (χ0) is 17.1. The van der Waals surface area contributed by atoms with Crippen LogP contribution in [0.15, 0.2) is 59.6 Å². The Hall–Kier alpha value is -2.33. The molecule has 1 fully saturated rings. The molecule has 0 aliphatic carbocycles. The molecule has 0 saturated carbocycles. The number of benzene rings is 2. The van der Waals surface area contributed by atoms with Gasteiger partial charge in [-0.2, -0.15) is 0 Å². The normalized spacial score (nSPS) is 16.0. The molecule has 1 heterocycles. The van der Waals surface area contributed by atoms with E-state index in [1.807, 2.05) is 62.4 Å². The van der Waals surface area contributed by atoms with Crippen molar-refractivity contribution < 1.29 is 9.59 Å². The average molecular weight is 337 g/mol. The maximum absolute atomic E-state index is 12.5. The van der Waals surface area contributed by atoms with E-state index in [4.69, 9.17) is 0 Å². The van der Waals surface area contributed by atoms with Crippen LogP contribution in [0, 0.1) is 13.8 Å². The summed E-state index contributed by atoms with van der Waals surface area (Å²) in [5, 5.41) is 0.730. The fourth-order valence-corrected chi connectivity index (χ4v) is 3.56. The molecule has 2 aromatic carbocycles. The minimum atomic E-state index is -0.0563. The van der Waals surface area contributed by atoms with Crippen molar-refractivity contribution in [2.45, 2.75) is 20.4 Å². The van der Waals surface area contributed by atoms with Crippen LogP contribution >= 0.6 is 11.8 Å². The number of allylic oxidation sites excluding steroid dienone is 1. The lowest BCUT2D eigenvalue weighted by Crippen LogP contribution is -2.24. The van der Waals surface area contributed by atoms with E-state index in [1.54, 1.807) is 11.0 Å². The van der Waals surface area contributed by atoms with E-state index in [2.05, 4.69) is 0 Å². The van der Waals surface area contributed by atoms with Crippen LogP contribution in [0.1, 0.15) is 27.0 Å². The lowest BCUT2D eigenvalue weighted by Gasteiger charge is -2.17. The number of nitrogens with zero attached hydrogens (tertiary/aromatic N) is 1. The molecule has 3 nitrogen and oxygen atoms in total. The van der Waals surface area contributed by atoms with E-state index < -0.39 is 0 Å². The largest absolute Gasteiger partial charge is 0.301 e. The Labute approximate surface area is 146 Å². The lowest BCUT2D eigenvalue weighted by molar-refractivity contribution is -0.125. The minimum Gasteiger partial charge on any atom is -0.301 e. The molecule has 3 rings (SSSR count). The van der Waals surface area contributed by atoms with Gasteiger partial charge in [-0.1, -0.05) is 65.9 Å². The zero-order valence-electron chi connectivity index (χ0n) is 13.8. The number of carbonyl (C=O) groups excluding carboxylic acids is 2. The van der Waals surface area contributed by atoms with E-state index in [0.717, 1.165) is 16.2 Å². The lowest BCUT2D eigenvalue weighted by atomic mass is 10.0. The molecule has 0 aromatic heterocycles. The van der Waals surface area contributed by atoms with Crippen molar-refractivity contribution in [3.63, 3.8) is 0 Å². The Morgan fingerprint density at radius 1 is 1.12 bits per heavy atom. The van der Waals surface area contributed by atoms with Crippen molar-refractivity contribution in [3.05, 3.63) is 81.9 Å². The van der Waals surface area contributed by atoms with Crippen molar-refractivity contribution in [1.82, 2.24) is 4.90 Å². The van der Waals surface area contributed by atoms with Crippen molar-refractivity contribution in [2.24, 2.45) is 0 Å². The Morgan fingerprint density at radius 2 is 1.83 bits per heavy atom. The smallest absolute Gasteiger partial charge is 0.238 e. The fourth-order valence-electron chi connectivity index (χ4n) is 2.62. The molecule has 1 aliphatic rings. The molecule has 0 atom stereocenters. The third-order valence-electron chi connectivity index (χ3n) is 4.04. The van der Waals surface area contributed by atoms with Gasteiger partial charge >= 0.3 is 0 Å². The molecule has 4 heteroatoms. The Kier molecular flexibility index (Phi) is 4.86. The van der Waals surface area contributed by atoms with Gasteiger partial charge in [-0.3, -0.25) is 9.59 Å². The third kappa shape index (κ3) is 3.60. The molecule has 24 heavy (non-hydrogen) atoms. The highest BCUT2D eigenvalue weighted by molar-refractivity contribution is 8.04. The van der Waals surface area contributed by atoms with Gasteiger partial charge in [0.15, 0.2) is 5.78 Å². The second kappa shape index (κ2) is 7.05.